The quantitative estimate of drug-likeness (QED) is 0.726. The molecule has 150 valence electrons. The molecule has 1 N–H and O–H groups in total. The van der Waals surface area contributed by atoms with E-state index in [1.807, 2.05) is 59.5 Å². The van der Waals surface area contributed by atoms with Crippen molar-refractivity contribution in [2.75, 3.05) is 33.3 Å². The van der Waals surface area contributed by atoms with Crippen LogP contribution in [0.3, 0.4) is 0 Å². The van der Waals surface area contributed by atoms with E-state index in [2.05, 4.69) is 9.88 Å². The van der Waals surface area contributed by atoms with Gasteiger partial charge in [-0.15, -0.1) is 0 Å². The molecule has 6 heteroatoms. The normalized spacial score (nSPS) is 14.9. The molecule has 0 bridgehead atoms. The summed E-state index contributed by atoms with van der Waals surface area (Å²) in [5.41, 5.74) is 2.48. The number of hydrogen-bond donors (Lipinski definition) is 1. The van der Waals surface area contributed by atoms with Gasteiger partial charge in [-0.25, -0.2) is 0 Å². The molecule has 3 aromatic rings. The van der Waals surface area contributed by atoms with E-state index in [1.165, 1.54) is 0 Å². The van der Waals surface area contributed by atoms with Crippen molar-refractivity contribution in [3.05, 3.63) is 76.1 Å². The van der Waals surface area contributed by atoms with E-state index in [0.29, 0.717) is 26.1 Å². The number of carbonyl (C=O) groups is 1. The van der Waals surface area contributed by atoms with E-state index < -0.39 is 0 Å². The minimum atomic E-state index is -0.0756. The Labute approximate surface area is 169 Å². The van der Waals surface area contributed by atoms with Crippen molar-refractivity contribution in [2.45, 2.75) is 13.0 Å². The molecular formula is C23H25N3O3. The highest BCUT2D eigenvalue weighted by atomic mass is 16.5. The number of rotatable bonds is 5. The highest BCUT2D eigenvalue weighted by Crippen LogP contribution is 2.19. The zero-order valence-electron chi connectivity index (χ0n) is 16.6. The van der Waals surface area contributed by atoms with Crippen molar-refractivity contribution in [2.24, 2.45) is 0 Å². The average Bonchev–Trinajstić information content (AvgIpc) is 2.75. The summed E-state index contributed by atoms with van der Waals surface area (Å²) >= 11 is 0. The molecule has 0 unspecified atom stereocenters. The number of amides is 1. The predicted octanol–water partition coefficient (Wildman–Crippen LogP) is 2.42. The topological polar surface area (TPSA) is 65.6 Å². The van der Waals surface area contributed by atoms with Crippen molar-refractivity contribution >= 4 is 16.8 Å². The lowest BCUT2D eigenvalue weighted by atomic mass is 10.1. The van der Waals surface area contributed by atoms with E-state index >= 15 is 0 Å². The van der Waals surface area contributed by atoms with Gasteiger partial charge < -0.3 is 14.6 Å². The minimum Gasteiger partial charge on any atom is -0.497 e. The number of pyridine rings is 1. The highest BCUT2D eigenvalue weighted by molar-refractivity contribution is 5.80. The Hall–Kier alpha value is -3.12. The van der Waals surface area contributed by atoms with Crippen LogP contribution in [0, 0.1) is 0 Å². The third-order valence-corrected chi connectivity index (χ3v) is 5.45. The Kier molecular flexibility index (Phi) is 5.62. The molecular weight excluding hydrogens is 366 g/mol. The Morgan fingerprint density at radius 2 is 1.79 bits per heavy atom. The van der Waals surface area contributed by atoms with E-state index in [9.17, 15) is 9.59 Å². The van der Waals surface area contributed by atoms with Crippen molar-refractivity contribution in [3.8, 4) is 5.75 Å². The van der Waals surface area contributed by atoms with Crippen molar-refractivity contribution in [1.29, 1.82) is 0 Å². The van der Waals surface area contributed by atoms with Gasteiger partial charge in [-0.2, -0.15) is 0 Å². The first kappa shape index (κ1) is 19.2. The number of carbonyl (C=O) groups excluding carboxylic acids is 1. The first-order valence-electron chi connectivity index (χ1n) is 9.86. The van der Waals surface area contributed by atoms with Crippen molar-refractivity contribution < 1.29 is 9.53 Å². The third-order valence-electron chi connectivity index (χ3n) is 5.45. The van der Waals surface area contributed by atoms with Crippen LogP contribution in [0.5, 0.6) is 5.75 Å². The van der Waals surface area contributed by atoms with Gasteiger partial charge in [0.25, 0.3) is 5.56 Å². The number of aromatic amines is 1. The zero-order valence-corrected chi connectivity index (χ0v) is 16.6. The minimum absolute atomic E-state index is 0.0756. The second kappa shape index (κ2) is 8.49. The van der Waals surface area contributed by atoms with Gasteiger partial charge >= 0.3 is 0 Å². The SMILES string of the molecule is COc1ccc2cc(CN3CCN(C(=O)Cc4ccccc4)CC3)c(=O)[nH]c2c1. The van der Waals surface area contributed by atoms with Crippen LogP contribution in [0.15, 0.2) is 59.4 Å². The molecule has 0 spiro atoms. The van der Waals surface area contributed by atoms with Gasteiger partial charge in [0, 0.05) is 44.4 Å². The van der Waals surface area contributed by atoms with Crippen LogP contribution in [0.2, 0.25) is 0 Å². The number of H-pyrrole nitrogens is 1. The first-order valence-corrected chi connectivity index (χ1v) is 9.86. The standard InChI is InChI=1S/C23H25N3O3/c1-29-20-8-7-18-14-19(23(28)24-21(18)15-20)16-25-9-11-26(12-10-25)22(27)13-17-5-3-2-4-6-17/h2-8,14-15H,9-13,16H2,1H3,(H,24,28). The first-order chi connectivity index (χ1) is 14.1. The van der Waals surface area contributed by atoms with E-state index in [1.54, 1.807) is 7.11 Å². The molecule has 1 fully saturated rings. The number of piperazine rings is 1. The highest BCUT2D eigenvalue weighted by Gasteiger charge is 2.22. The van der Waals surface area contributed by atoms with Crippen LogP contribution < -0.4 is 10.3 Å². The molecule has 2 heterocycles. The van der Waals surface area contributed by atoms with Gasteiger partial charge in [-0.1, -0.05) is 30.3 Å². The van der Waals surface area contributed by atoms with Crippen LogP contribution in [-0.2, 0) is 17.8 Å². The lowest BCUT2D eigenvalue weighted by Gasteiger charge is -2.34. The molecule has 0 atom stereocenters. The second-order valence-electron chi connectivity index (χ2n) is 7.40. The number of fused-ring (bicyclic) bond motifs is 1. The van der Waals surface area contributed by atoms with Gasteiger partial charge in [-0.3, -0.25) is 14.5 Å². The summed E-state index contributed by atoms with van der Waals surface area (Å²) in [4.78, 5) is 32.1. The Morgan fingerprint density at radius 3 is 2.52 bits per heavy atom. The van der Waals surface area contributed by atoms with Crippen LogP contribution in [0.4, 0.5) is 0 Å². The lowest BCUT2D eigenvalue weighted by molar-refractivity contribution is -0.132. The summed E-state index contributed by atoms with van der Waals surface area (Å²) in [5.74, 6) is 0.880. The maximum Gasteiger partial charge on any atom is 0.252 e. The summed E-state index contributed by atoms with van der Waals surface area (Å²) in [6.07, 6.45) is 0.439. The van der Waals surface area contributed by atoms with Gasteiger partial charge in [0.2, 0.25) is 5.91 Å². The predicted molar refractivity (Wildman–Crippen MR) is 113 cm³/mol. The van der Waals surface area contributed by atoms with Crippen LogP contribution in [0.1, 0.15) is 11.1 Å². The van der Waals surface area contributed by atoms with Crippen LogP contribution >= 0.6 is 0 Å². The lowest BCUT2D eigenvalue weighted by Crippen LogP contribution is -2.49. The molecule has 1 amide bonds. The molecule has 4 rings (SSSR count). The van der Waals surface area contributed by atoms with Gasteiger partial charge in [-0.05, 0) is 29.1 Å². The van der Waals surface area contributed by atoms with E-state index in [0.717, 1.165) is 40.9 Å². The molecule has 1 aliphatic rings. The summed E-state index contributed by atoms with van der Waals surface area (Å²) in [6, 6.07) is 17.5. The van der Waals surface area contributed by atoms with Gasteiger partial charge in [0.05, 0.1) is 19.0 Å². The number of benzene rings is 2. The van der Waals surface area contributed by atoms with Gasteiger partial charge in [0.15, 0.2) is 0 Å². The monoisotopic (exact) mass is 391 g/mol. The van der Waals surface area contributed by atoms with Crippen molar-refractivity contribution in [1.82, 2.24) is 14.8 Å². The van der Waals surface area contributed by atoms with Crippen LogP contribution in [-0.4, -0.2) is 54.0 Å². The largest absolute Gasteiger partial charge is 0.497 e. The summed E-state index contributed by atoms with van der Waals surface area (Å²) in [7, 11) is 1.61. The van der Waals surface area contributed by atoms with Crippen molar-refractivity contribution in [3.63, 3.8) is 0 Å². The summed E-state index contributed by atoms with van der Waals surface area (Å²) in [6.45, 7) is 3.49. The zero-order chi connectivity index (χ0) is 20.2. The maximum atomic E-state index is 12.5. The third kappa shape index (κ3) is 4.49. The molecule has 1 aliphatic heterocycles. The molecule has 6 nitrogen and oxygen atoms in total. The molecule has 29 heavy (non-hydrogen) atoms. The Balaban J connectivity index is 1.37. The number of methoxy groups -OCH3 is 1. The fourth-order valence-electron chi connectivity index (χ4n) is 3.75. The summed E-state index contributed by atoms with van der Waals surface area (Å²) in [5, 5.41) is 0.983. The average molecular weight is 391 g/mol. The number of nitrogens with zero attached hydrogens (tertiary/aromatic N) is 2. The molecule has 0 radical (unpaired) electrons. The number of hydrogen-bond acceptors (Lipinski definition) is 4. The fourth-order valence-corrected chi connectivity index (χ4v) is 3.75. The van der Waals surface area contributed by atoms with Crippen LogP contribution in [0.25, 0.3) is 10.9 Å². The number of ether oxygens (including phenoxy) is 1. The molecule has 0 saturated carbocycles. The fraction of sp³-hybridized carbons (Fsp3) is 0.304. The maximum absolute atomic E-state index is 12.5. The Bertz CT molecular complexity index is 1050. The molecule has 1 aromatic heterocycles. The Morgan fingerprint density at radius 1 is 1.03 bits per heavy atom. The van der Waals surface area contributed by atoms with E-state index in [-0.39, 0.29) is 11.5 Å². The molecule has 2 aromatic carbocycles. The number of aromatic nitrogens is 1. The molecule has 0 aliphatic carbocycles. The molecule has 1 saturated heterocycles. The smallest absolute Gasteiger partial charge is 0.252 e. The second-order valence-corrected chi connectivity index (χ2v) is 7.40. The van der Waals surface area contributed by atoms with Gasteiger partial charge in [0.1, 0.15) is 5.75 Å². The summed E-state index contributed by atoms with van der Waals surface area (Å²) < 4.78 is 5.22. The number of nitrogens with one attached hydrogen (secondary N) is 1. The van der Waals surface area contributed by atoms with E-state index in [4.69, 9.17) is 4.74 Å².